The van der Waals surface area contributed by atoms with Gasteiger partial charge in [-0.1, -0.05) is 33.1 Å². The summed E-state index contributed by atoms with van der Waals surface area (Å²) in [5, 5.41) is 10.5. The van der Waals surface area contributed by atoms with Gasteiger partial charge in [-0.3, -0.25) is 4.79 Å². The summed E-state index contributed by atoms with van der Waals surface area (Å²) in [5.74, 6) is 1.66. The van der Waals surface area contributed by atoms with E-state index in [0.29, 0.717) is 23.1 Å². The highest BCUT2D eigenvalue weighted by Gasteiger charge is 2.25. The lowest BCUT2D eigenvalue weighted by atomic mass is 9.94. The Kier molecular flexibility index (Phi) is 8.68. The standard InChI is InChI=1S/C27H38N6OS/c1-5-7-9-21(6-2)17-32-14-11-22(12-15-32)27-30-24(18-35-27)26(34)29-23-10-8-13-28-25(23)33-20(4)16-19(3)31-33/h8,10,13,16,18,21-22H,5-7,9,11-12,14-15,17H2,1-4H3,(H,29,34). The zero-order valence-corrected chi connectivity index (χ0v) is 22.3. The second-order valence-electron chi connectivity index (χ2n) is 9.73. The Bertz CT molecular complexity index is 1110. The van der Waals surface area contributed by atoms with Crippen LogP contribution in [0.1, 0.15) is 85.2 Å². The Labute approximate surface area is 213 Å². The molecular weight excluding hydrogens is 456 g/mol. The molecule has 0 aliphatic carbocycles. The van der Waals surface area contributed by atoms with Crippen LogP contribution in [-0.2, 0) is 0 Å². The first-order valence-corrected chi connectivity index (χ1v) is 13.8. The maximum Gasteiger partial charge on any atom is 0.275 e. The number of carbonyl (C=O) groups is 1. The molecule has 1 saturated heterocycles. The molecule has 3 aromatic heterocycles. The van der Waals surface area contributed by atoms with Gasteiger partial charge >= 0.3 is 0 Å². The predicted molar refractivity (Wildman–Crippen MR) is 143 cm³/mol. The van der Waals surface area contributed by atoms with Crippen LogP contribution in [0.2, 0.25) is 0 Å². The lowest BCUT2D eigenvalue weighted by Crippen LogP contribution is -2.36. The third-order valence-corrected chi connectivity index (χ3v) is 8.00. The maximum atomic E-state index is 13.0. The number of likely N-dealkylation sites (tertiary alicyclic amines) is 1. The molecular formula is C27H38N6OS. The summed E-state index contributed by atoms with van der Waals surface area (Å²) in [4.78, 5) is 24.9. The van der Waals surface area contributed by atoms with Crippen LogP contribution in [0.15, 0.2) is 29.8 Å². The lowest BCUT2D eigenvalue weighted by molar-refractivity contribution is 0.102. The van der Waals surface area contributed by atoms with E-state index >= 15 is 0 Å². The van der Waals surface area contributed by atoms with Gasteiger partial charge in [0.25, 0.3) is 5.91 Å². The van der Waals surface area contributed by atoms with Crippen molar-refractivity contribution in [2.45, 2.75) is 72.1 Å². The molecule has 0 saturated carbocycles. The van der Waals surface area contributed by atoms with Crippen molar-refractivity contribution in [1.82, 2.24) is 24.6 Å². The van der Waals surface area contributed by atoms with E-state index in [1.165, 1.54) is 32.2 Å². The van der Waals surface area contributed by atoms with Crippen LogP contribution in [0.25, 0.3) is 5.82 Å². The molecule has 1 atom stereocenters. The number of unbranched alkanes of at least 4 members (excludes halogenated alkanes) is 1. The van der Waals surface area contributed by atoms with Gasteiger partial charge in [0.15, 0.2) is 5.82 Å². The molecule has 1 aliphatic heterocycles. The van der Waals surface area contributed by atoms with Crippen LogP contribution in [0, 0.1) is 19.8 Å². The molecule has 4 heterocycles. The highest BCUT2D eigenvalue weighted by molar-refractivity contribution is 7.10. The van der Waals surface area contributed by atoms with E-state index in [2.05, 4.69) is 34.1 Å². The fourth-order valence-electron chi connectivity index (χ4n) is 4.92. The van der Waals surface area contributed by atoms with Crippen molar-refractivity contribution in [2.24, 2.45) is 5.92 Å². The third-order valence-electron chi connectivity index (χ3n) is 7.00. The number of anilines is 1. The molecule has 1 amide bonds. The first kappa shape index (κ1) is 25.5. The molecule has 0 bridgehead atoms. The summed E-state index contributed by atoms with van der Waals surface area (Å²) < 4.78 is 1.76. The van der Waals surface area contributed by atoms with E-state index in [0.717, 1.165) is 48.2 Å². The van der Waals surface area contributed by atoms with Gasteiger partial charge < -0.3 is 10.2 Å². The Morgan fingerprint density at radius 1 is 1.26 bits per heavy atom. The smallest absolute Gasteiger partial charge is 0.275 e. The average Bonchev–Trinajstić information content (AvgIpc) is 3.49. The van der Waals surface area contributed by atoms with E-state index in [1.54, 1.807) is 22.2 Å². The van der Waals surface area contributed by atoms with E-state index in [9.17, 15) is 4.79 Å². The molecule has 1 unspecified atom stereocenters. The van der Waals surface area contributed by atoms with Gasteiger partial charge in [-0.05, 0) is 70.3 Å². The predicted octanol–water partition coefficient (Wildman–Crippen LogP) is 5.99. The van der Waals surface area contributed by atoms with Crippen molar-refractivity contribution in [3.63, 3.8) is 0 Å². The summed E-state index contributed by atoms with van der Waals surface area (Å²) in [6, 6.07) is 5.66. The second-order valence-corrected chi connectivity index (χ2v) is 10.6. The van der Waals surface area contributed by atoms with Crippen molar-refractivity contribution >= 4 is 22.9 Å². The van der Waals surface area contributed by atoms with Crippen LogP contribution in [0.3, 0.4) is 0 Å². The molecule has 1 aliphatic rings. The zero-order chi connectivity index (χ0) is 24.8. The van der Waals surface area contributed by atoms with Crippen LogP contribution in [0.4, 0.5) is 5.69 Å². The van der Waals surface area contributed by atoms with Crippen molar-refractivity contribution in [2.75, 3.05) is 25.0 Å². The number of rotatable bonds is 10. The molecule has 4 rings (SSSR count). The molecule has 188 valence electrons. The minimum atomic E-state index is -0.206. The third kappa shape index (κ3) is 6.35. The van der Waals surface area contributed by atoms with Gasteiger partial charge in [-0.25, -0.2) is 14.6 Å². The Hall–Kier alpha value is -2.58. The van der Waals surface area contributed by atoms with Gasteiger partial charge in [0, 0.05) is 29.7 Å². The van der Waals surface area contributed by atoms with Gasteiger partial charge in [0.2, 0.25) is 0 Å². The number of nitrogens with one attached hydrogen (secondary N) is 1. The molecule has 3 aromatic rings. The highest BCUT2D eigenvalue weighted by Crippen LogP contribution is 2.31. The van der Waals surface area contributed by atoms with Crippen LogP contribution < -0.4 is 5.32 Å². The van der Waals surface area contributed by atoms with E-state index < -0.39 is 0 Å². The van der Waals surface area contributed by atoms with E-state index in [-0.39, 0.29) is 5.91 Å². The zero-order valence-electron chi connectivity index (χ0n) is 21.5. The van der Waals surface area contributed by atoms with Gasteiger partial charge in [-0.15, -0.1) is 11.3 Å². The Morgan fingerprint density at radius 2 is 2.06 bits per heavy atom. The SMILES string of the molecule is CCCCC(CC)CN1CCC(c2nc(C(=O)Nc3cccnc3-n3nc(C)cc3C)cs2)CC1. The van der Waals surface area contributed by atoms with Crippen molar-refractivity contribution in [1.29, 1.82) is 0 Å². The van der Waals surface area contributed by atoms with Gasteiger partial charge in [-0.2, -0.15) is 5.10 Å². The minimum Gasteiger partial charge on any atom is -0.317 e. The topological polar surface area (TPSA) is 75.9 Å². The van der Waals surface area contributed by atoms with E-state index in [4.69, 9.17) is 4.98 Å². The number of amides is 1. The Balaban J connectivity index is 1.36. The molecule has 8 heteroatoms. The molecule has 1 fully saturated rings. The molecule has 0 spiro atoms. The van der Waals surface area contributed by atoms with Crippen LogP contribution in [0.5, 0.6) is 0 Å². The van der Waals surface area contributed by atoms with Crippen LogP contribution in [-0.4, -0.2) is 50.2 Å². The van der Waals surface area contributed by atoms with Gasteiger partial charge in [0.05, 0.1) is 16.4 Å². The number of thiazole rings is 1. The summed E-state index contributed by atoms with van der Waals surface area (Å²) in [7, 11) is 0. The summed E-state index contributed by atoms with van der Waals surface area (Å²) in [6.45, 7) is 12.0. The largest absolute Gasteiger partial charge is 0.317 e. The molecule has 35 heavy (non-hydrogen) atoms. The van der Waals surface area contributed by atoms with E-state index in [1.807, 2.05) is 37.4 Å². The number of aryl methyl sites for hydroxylation is 2. The quantitative estimate of drug-likeness (QED) is 0.375. The Morgan fingerprint density at radius 3 is 2.74 bits per heavy atom. The number of pyridine rings is 1. The van der Waals surface area contributed by atoms with Crippen molar-refractivity contribution in [3.8, 4) is 5.82 Å². The monoisotopic (exact) mass is 494 g/mol. The summed E-state index contributed by atoms with van der Waals surface area (Å²) in [6.07, 6.45) is 9.16. The number of carbonyl (C=O) groups excluding carboxylic acids is 1. The average molecular weight is 495 g/mol. The number of hydrogen-bond donors (Lipinski definition) is 1. The molecule has 0 aromatic carbocycles. The summed E-state index contributed by atoms with van der Waals surface area (Å²) in [5.41, 5.74) is 2.97. The normalized spacial score (nSPS) is 15.9. The number of piperidine rings is 1. The number of hydrogen-bond acceptors (Lipinski definition) is 6. The van der Waals surface area contributed by atoms with Crippen molar-refractivity contribution in [3.05, 3.63) is 51.9 Å². The van der Waals surface area contributed by atoms with Crippen LogP contribution >= 0.6 is 11.3 Å². The minimum absolute atomic E-state index is 0.206. The fourth-order valence-corrected chi connectivity index (χ4v) is 5.89. The van der Waals surface area contributed by atoms with Crippen molar-refractivity contribution < 1.29 is 4.79 Å². The second kappa shape index (κ2) is 11.9. The summed E-state index contributed by atoms with van der Waals surface area (Å²) >= 11 is 1.61. The number of nitrogens with zero attached hydrogens (tertiary/aromatic N) is 5. The first-order valence-electron chi connectivity index (χ1n) is 13.0. The first-order chi connectivity index (χ1) is 17.0. The number of aromatic nitrogens is 4. The lowest BCUT2D eigenvalue weighted by Gasteiger charge is -2.33. The molecule has 0 radical (unpaired) electrons. The maximum absolute atomic E-state index is 13.0. The molecule has 1 N–H and O–H groups in total. The molecule has 7 nitrogen and oxygen atoms in total. The fraction of sp³-hybridized carbons (Fsp3) is 0.556. The highest BCUT2D eigenvalue weighted by atomic mass is 32.1. The van der Waals surface area contributed by atoms with Gasteiger partial charge in [0.1, 0.15) is 5.69 Å².